The first-order valence-corrected chi connectivity index (χ1v) is 8.37. The lowest BCUT2D eigenvalue weighted by Gasteiger charge is -2.22. The Hall–Kier alpha value is -1.02. The van der Waals surface area contributed by atoms with Gasteiger partial charge in [-0.2, -0.15) is 0 Å². The van der Waals surface area contributed by atoms with Crippen LogP contribution in [0.3, 0.4) is 0 Å². The summed E-state index contributed by atoms with van der Waals surface area (Å²) in [6.45, 7) is 9.78. The Balaban J connectivity index is 0.00000288. The van der Waals surface area contributed by atoms with Crippen molar-refractivity contribution in [2.75, 3.05) is 27.2 Å². The van der Waals surface area contributed by atoms with Crippen LogP contribution in [0.2, 0.25) is 0 Å². The average molecular weight is 446 g/mol. The molecule has 0 bridgehead atoms. The molecule has 0 radical (unpaired) electrons. The van der Waals surface area contributed by atoms with E-state index in [1.165, 1.54) is 5.56 Å². The molecule has 0 spiro atoms. The Bertz CT molecular complexity index is 518. The minimum atomic E-state index is 0. The minimum absolute atomic E-state index is 0. The van der Waals surface area contributed by atoms with Crippen LogP contribution in [-0.4, -0.2) is 50.2 Å². The van der Waals surface area contributed by atoms with E-state index >= 15 is 0 Å². The molecule has 2 unspecified atom stereocenters. The summed E-state index contributed by atoms with van der Waals surface area (Å²) in [7, 11) is 3.51. The molecule has 2 N–H and O–H groups in total. The molecule has 0 aliphatic carbocycles. The number of rotatable bonds is 5. The van der Waals surface area contributed by atoms with E-state index in [1.807, 2.05) is 19.2 Å². The van der Waals surface area contributed by atoms with Crippen molar-refractivity contribution < 1.29 is 4.74 Å². The summed E-state index contributed by atoms with van der Waals surface area (Å²) in [6.07, 6.45) is 0. The van der Waals surface area contributed by atoms with Crippen LogP contribution in [0.4, 0.5) is 0 Å². The number of nitrogens with one attached hydrogen (secondary N) is 2. The van der Waals surface area contributed by atoms with E-state index in [2.05, 4.69) is 53.4 Å². The van der Waals surface area contributed by atoms with E-state index in [1.54, 1.807) is 7.11 Å². The Labute approximate surface area is 163 Å². The lowest BCUT2D eigenvalue weighted by molar-refractivity contribution is 0.265. The van der Waals surface area contributed by atoms with Gasteiger partial charge >= 0.3 is 0 Å². The molecule has 6 heteroatoms. The van der Waals surface area contributed by atoms with Crippen LogP contribution in [-0.2, 0) is 6.54 Å². The fourth-order valence-electron chi connectivity index (χ4n) is 2.91. The topological polar surface area (TPSA) is 48.9 Å². The van der Waals surface area contributed by atoms with Gasteiger partial charge in [-0.3, -0.25) is 9.89 Å². The summed E-state index contributed by atoms with van der Waals surface area (Å²) in [5.41, 5.74) is 1.21. The SMILES string of the molecule is CN=C(NCc1ccc(OC)cc1)NC1CN(C(C)C)CC1C.I. The van der Waals surface area contributed by atoms with Crippen molar-refractivity contribution in [2.24, 2.45) is 10.9 Å². The summed E-state index contributed by atoms with van der Waals surface area (Å²) in [5, 5.41) is 6.96. The van der Waals surface area contributed by atoms with E-state index in [4.69, 9.17) is 4.74 Å². The van der Waals surface area contributed by atoms with Crippen LogP contribution in [0.5, 0.6) is 5.75 Å². The molecule has 1 aliphatic heterocycles. The molecule has 24 heavy (non-hydrogen) atoms. The fourth-order valence-corrected chi connectivity index (χ4v) is 2.91. The molecule has 1 aliphatic rings. The number of guanidine groups is 1. The van der Waals surface area contributed by atoms with Gasteiger partial charge in [0.05, 0.1) is 7.11 Å². The predicted molar refractivity (Wildman–Crippen MR) is 111 cm³/mol. The van der Waals surface area contributed by atoms with E-state index in [0.717, 1.165) is 31.3 Å². The summed E-state index contributed by atoms with van der Waals surface area (Å²) in [6, 6.07) is 9.13. The van der Waals surface area contributed by atoms with E-state index < -0.39 is 0 Å². The zero-order valence-corrected chi connectivity index (χ0v) is 17.7. The van der Waals surface area contributed by atoms with Crippen molar-refractivity contribution in [1.29, 1.82) is 0 Å². The van der Waals surface area contributed by atoms with Gasteiger partial charge in [-0.15, -0.1) is 24.0 Å². The van der Waals surface area contributed by atoms with Gasteiger partial charge in [-0.05, 0) is 37.5 Å². The minimum Gasteiger partial charge on any atom is -0.497 e. The monoisotopic (exact) mass is 446 g/mol. The predicted octanol–water partition coefficient (Wildman–Crippen LogP) is 2.71. The van der Waals surface area contributed by atoms with Crippen molar-refractivity contribution in [3.8, 4) is 5.75 Å². The molecule has 1 heterocycles. The highest BCUT2D eigenvalue weighted by Crippen LogP contribution is 2.18. The molecule has 0 aromatic heterocycles. The van der Waals surface area contributed by atoms with Crippen LogP contribution >= 0.6 is 24.0 Å². The molecule has 0 saturated carbocycles. The second kappa shape index (κ2) is 10.1. The number of benzene rings is 1. The summed E-state index contributed by atoms with van der Waals surface area (Å²) in [4.78, 5) is 6.87. The second-order valence-electron chi connectivity index (χ2n) is 6.55. The van der Waals surface area contributed by atoms with Crippen molar-refractivity contribution in [1.82, 2.24) is 15.5 Å². The van der Waals surface area contributed by atoms with Crippen LogP contribution in [0.1, 0.15) is 26.3 Å². The number of nitrogens with zero attached hydrogens (tertiary/aromatic N) is 2. The number of likely N-dealkylation sites (tertiary alicyclic amines) is 1. The molecule has 2 rings (SSSR count). The van der Waals surface area contributed by atoms with Gasteiger partial charge in [0.2, 0.25) is 0 Å². The number of methoxy groups -OCH3 is 1. The van der Waals surface area contributed by atoms with Crippen LogP contribution in [0.25, 0.3) is 0 Å². The summed E-state index contributed by atoms with van der Waals surface area (Å²) >= 11 is 0. The average Bonchev–Trinajstić information content (AvgIpc) is 2.93. The maximum Gasteiger partial charge on any atom is 0.191 e. The molecule has 5 nitrogen and oxygen atoms in total. The van der Waals surface area contributed by atoms with Gasteiger partial charge in [0.1, 0.15) is 5.75 Å². The third-order valence-electron chi connectivity index (χ3n) is 4.54. The number of halogens is 1. The van der Waals surface area contributed by atoms with E-state index in [9.17, 15) is 0 Å². The first-order valence-electron chi connectivity index (χ1n) is 8.37. The standard InChI is InChI=1S/C18H30N4O.HI/c1-13(2)22-11-14(3)17(12-22)21-18(19-4)20-10-15-6-8-16(23-5)9-7-15;/h6-9,13-14,17H,10-12H2,1-5H3,(H2,19,20,21);1H. The van der Waals surface area contributed by atoms with Gasteiger partial charge in [0, 0.05) is 38.8 Å². The zero-order valence-electron chi connectivity index (χ0n) is 15.4. The molecule has 1 fully saturated rings. The molecular formula is C18H31IN4O. The van der Waals surface area contributed by atoms with Gasteiger partial charge in [0.15, 0.2) is 5.96 Å². The number of hydrogen-bond donors (Lipinski definition) is 2. The lowest BCUT2D eigenvalue weighted by atomic mass is 10.1. The smallest absolute Gasteiger partial charge is 0.191 e. The van der Waals surface area contributed by atoms with Crippen molar-refractivity contribution in [3.63, 3.8) is 0 Å². The Kier molecular flexibility index (Phi) is 8.83. The Morgan fingerprint density at radius 3 is 2.46 bits per heavy atom. The third kappa shape index (κ3) is 5.81. The van der Waals surface area contributed by atoms with Gasteiger partial charge in [-0.1, -0.05) is 19.1 Å². The molecule has 1 saturated heterocycles. The summed E-state index contributed by atoms with van der Waals surface area (Å²) in [5.74, 6) is 2.37. The number of ether oxygens (including phenoxy) is 1. The Morgan fingerprint density at radius 1 is 1.29 bits per heavy atom. The van der Waals surface area contributed by atoms with Gasteiger partial charge in [-0.25, -0.2) is 0 Å². The second-order valence-corrected chi connectivity index (χ2v) is 6.55. The largest absolute Gasteiger partial charge is 0.497 e. The molecule has 0 amide bonds. The molecule has 1 aromatic rings. The maximum absolute atomic E-state index is 5.18. The van der Waals surface area contributed by atoms with Gasteiger partial charge < -0.3 is 15.4 Å². The summed E-state index contributed by atoms with van der Waals surface area (Å²) < 4.78 is 5.18. The quantitative estimate of drug-likeness (QED) is 0.415. The van der Waals surface area contributed by atoms with Crippen molar-refractivity contribution >= 4 is 29.9 Å². The normalized spacial score (nSPS) is 21.5. The highest BCUT2D eigenvalue weighted by atomic mass is 127. The molecule has 136 valence electrons. The molecule has 2 atom stereocenters. The number of hydrogen-bond acceptors (Lipinski definition) is 3. The number of aliphatic imine (C=N–C) groups is 1. The first kappa shape index (κ1) is 21.0. The molecular weight excluding hydrogens is 415 g/mol. The molecule has 1 aromatic carbocycles. The van der Waals surface area contributed by atoms with Gasteiger partial charge in [0.25, 0.3) is 0 Å². The first-order chi connectivity index (χ1) is 11.0. The lowest BCUT2D eigenvalue weighted by Crippen LogP contribution is -2.46. The van der Waals surface area contributed by atoms with Crippen molar-refractivity contribution in [3.05, 3.63) is 29.8 Å². The zero-order chi connectivity index (χ0) is 16.8. The van der Waals surface area contributed by atoms with E-state index in [-0.39, 0.29) is 24.0 Å². The van der Waals surface area contributed by atoms with Crippen LogP contribution in [0.15, 0.2) is 29.3 Å². The fraction of sp³-hybridized carbons (Fsp3) is 0.611. The van der Waals surface area contributed by atoms with Crippen molar-refractivity contribution in [2.45, 2.75) is 39.4 Å². The Morgan fingerprint density at radius 2 is 1.96 bits per heavy atom. The highest BCUT2D eigenvalue weighted by Gasteiger charge is 2.31. The van der Waals surface area contributed by atoms with E-state index in [0.29, 0.717) is 18.0 Å². The van der Waals surface area contributed by atoms with Crippen LogP contribution in [0, 0.1) is 5.92 Å². The maximum atomic E-state index is 5.18. The highest BCUT2D eigenvalue weighted by molar-refractivity contribution is 14.0. The van der Waals surface area contributed by atoms with Crippen LogP contribution < -0.4 is 15.4 Å². The third-order valence-corrected chi connectivity index (χ3v) is 4.54.